The van der Waals surface area contributed by atoms with E-state index >= 15 is 0 Å². The summed E-state index contributed by atoms with van der Waals surface area (Å²) in [5, 5.41) is 7.40. The number of anilines is 1. The van der Waals surface area contributed by atoms with E-state index < -0.39 is 40.3 Å². The maximum atomic E-state index is 13.8. The molecule has 0 saturated carbocycles. The Labute approximate surface area is 201 Å². The standard InChI is InChI=1S/C23H21F4N5O4/c1-32(36-22(35)23(25,26)27)8-2-3-13(12-32)21(34)29-16-4-6-17(7-5-16)31-11-14-9-15(24)10-18(20(28)33)19(14)30-31/h4-7,9-11,13H,2-3,8,12H2,1H3,(H2-,28,29,33,34)/p+1/t13-,32?/m1/s1. The molecule has 1 unspecified atom stereocenters. The number of fused-ring (bicyclic) bond motifs is 1. The Bertz CT molecular complexity index is 1340. The second-order valence-corrected chi connectivity index (χ2v) is 8.78. The van der Waals surface area contributed by atoms with Crippen molar-refractivity contribution in [2.75, 3.05) is 25.5 Å². The van der Waals surface area contributed by atoms with Gasteiger partial charge in [-0.05, 0) is 42.8 Å². The van der Waals surface area contributed by atoms with Crippen LogP contribution in [0.1, 0.15) is 23.2 Å². The Morgan fingerprint density at radius 2 is 1.89 bits per heavy atom. The number of quaternary nitrogens is 1. The fourth-order valence-corrected chi connectivity index (χ4v) is 4.23. The number of primary amides is 1. The third-order valence-electron chi connectivity index (χ3n) is 5.93. The number of benzene rings is 2. The first-order valence-corrected chi connectivity index (χ1v) is 10.9. The van der Waals surface area contributed by atoms with Crippen LogP contribution in [-0.2, 0) is 14.4 Å². The summed E-state index contributed by atoms with van der Waals surface area (Å²) in [7, 11) is 1.33. The van der Waals surface area contributed by atoms with E-state index in [4.69, 9.17) is 5.73 Å². The van der Waals surface area contributed by atoms with Gasteiger partial charge in [0.05, 0.1) is 17.2 Å². The number of hydrogen-bond acceptors (Lipinski definition) is 5. The summed E-state index contributed by atoms with van der Waals surface area (Å²) in [5.74, 6) is -4.81. The zero-order valence-electron chi connectivity index (χ0n) is 19.0. The van der Waals surface area contributed by atoms with Crippen LogP contribution < -0.4 is 11.1 Å². The van der Waals surface area contributed by atoms with Crippen LogP contribution in [0.5, 0.6) is 0 Å². The molecule has 2 aromatic carbocycles. The molecule has 0 aliphatic carbocycles. The highest BCUT2D eigenvalue weighted by Gasteiger charge is 2.48. The number of aromatic nitrogens is 2. The van der Waals surface area contributed by atoms with Crippen molar-refractivity contribution in [2.24, 2.45) is 11.7 Å². The minimum atomic E-state index is -5.12. The zero-order valence-corrected chi connectivity index (χ0v) is 19.0. The molecular weight excluding hydrogens is 486 g/mol. The lowest BCUT2D eigenvalue weighted by Crippen LogP contribution is -2.55. The first-order valence-electron chi connectivity index (χ1n) is 10.9. The number of amides is 2. The molecule has 3 aromatic rings. The number of alkyl halides is 3. The minimum absolute atomic E-state index is 0.0496. The fourth-order valence-electron chi connectivity index (χ4n) is 4.23. The normalized spacial score (nSPS) is 20.2. The van der Waals surface area contributed by atoms with Crippen LogP contribution in [0.25, 0.3) is 16.6 Å². The van der Waals surface area contributed by atoms with Crippen molar-refractivity contribution < 1.29 is 41.4 Å². The quantitative estimate of drug-likeness (QED) is 0.406. The number of hydroxylamine groups is 3. The summed E-state index contributed by atoms with van der Waals surface area (Å²) in [6.07, 6.45) is -2.75. The molecule has 0 spiro atoms. The molecule has 1 aliphatic rings. The molecule has 1 fully saturated rings. The van der Waals surface area contributed by atoms with Gasteiger partial charge in [0.15, 0.2) is 0 Å². The second-order valence-electron chi connectivity index (χ2n) is 8.78. The van der Waals surface area contributed by atoms with Gasteiger partial charge in [-0.2, -0.15) is 18.3 Å². The zero-order chi connectivity index (χ0) is 26.3. The van der Waals surface area contributed by atoms with Crippen LogP contribution in [-0.4, -0.2) is 58.5 Å². The molecule has 3 N–H and O–H groups in total. The van der Waals surface area contributed by atoms with E-state index in [1.165, 1.54) is 24.0 Å². The Morgan fingerprint density at radius 1 is 1.19 bits per heavy atom. The lowest BCUT2D eigenvalue weighted by Gasteiger charge is -2.37. The SMILES string of the molecule is C[N+]1(OC(=O)C(F)(F)F)CCC[C@@H](C(=O)Nc2ccc(-n3cc4cc(F)cc(C(N)=O)c4n3)cc2)C1. The highest BCUT2D eigenvalue weighted by atomic mass is 19.4. The molecule has 2 amide bonds. The molecule has 190 valence electrons. The molecular formula is C23H22F4N5O4+. The van der Waals surface area contributed by atoms with Crippen molar-refractivity contribution in [2.45, 2.75) is 19.0 Å². The van der Waals surface area contributed by atoms with Gasteiger partial charge in [0, 0.05) is 23.7 Å². The summed E-state index contributed by atoms with van der Waals surface area (Å²) in [4.78, 5) is 40.3. The van der Waals surface area contributed by atoms with E-state index in [1.807, 2.05) is 0 Å². The van der Waals surface area contributed by atoms with Gasteiger partial charge in [-0.1, -0.05) is 0 Å². The van der Waals surface area contributed by atoms with Gasteiger partial charge in [0.1, 0.15) is 31.5 Å². The number of nitrogens with zero attached hydrogens (tertiary/aromatic N) is 3. The molecule has 0 radical (unpaired) electrons. The maximum Gasteiger partial charge on any atom is 0.497 e. The molecule has 13 heteroatoms. The maximum absolute atomic E-state index is 13.8. The van der Waals surface area contributed by atoms with Crippen molar-refractivity contribution in [3.05, 3.63) is 54.0 Å². The van der Waals surface area contributed by atoms with E-state index in [-0.39, 0.29) is 24.2 Å². The molecule has 1 aliphatic heterocycles. The van der Waals surface area contributed by atoms with Crippen LogP contribution in [0.3, 0.4) is 0 Å². The van der Waals surface area contributed by atoms with Crippen LogP contribution in [0.2, 0.25) is 0 Å². The molecule has 1 aromatic heterocycles. The van der Waals surface area contributed by atoms with E-state index in [0.29, 0.717) is 29.6 Å². The lowest BCUT2D eigenvalue weighted by atomic mass is 9.97. The molecule has 2 heterocycles. The van der Waals surface area contributed by atoms with Crippen molar-refractivity contribution >= 4 is 34.4 Å². The molecule has 4 rings (SSSR count). The number of halogens is 4. The summed E-state index contributed by atoms with van der Waals surface area (Å²) in [6, 6.07) is 8.69. The monoisotopic (exact) mass is 508 g/mol. The summed E-state index contributed by atoms with van der Waals surface area (Å²) < 4.78 is 52.4. The summed E-state index contributed by atoms with van der Waals surface area (Å²) in [6.45, 7) is 0.0737. The predicted octanol–water partition coefficient (Wildman–Crippen LogP) is 3.08. The number of rotatable bonds is 5. The van der Waals surface area contributed by atoms with Crippen molar-refractivity contribution in [3.8, 4) is 5.69 Å². The van der Waals surface area contributed by atoms with Gasteiger partial charge in [0.2, 0.25) is 5.91 Å². The predicted molar refractivity (Wildman–Crippen MR) is 119 cm³/mol. The van der Waals surface area contributed by atoms with Crippen molar-refractivity contribution in [3.63, 3.8) is 0 Å². The minimum Gasteiger partial charge on any atom is -0.366 e. The van der Waals surface area contributed by atoms with Crippen LogP contribution >= 0.6 is 0 Å². The summed E-state index contributed by atoms with van der Waals surface area (Å²) >= 11 is 0. The van der Waals surface area contributed by atoms with Crippen molar-refractivity contribution in [1.82, 2.24) is 9.78 Å². The van der Waals surface area contributed by atoms with Gasteiger partial charge in [-0.15, -0.1) is 4.65 Å². The Kier molecular flexibility index (Phi) is 6.43. The number of hydrogen-bond donors (Lipinski definition) is 2. The molecule has 36 heavy (non-hydrogen) atoms. The van der Waals surface area contributed by atoms with Gasteiger partial charge >= 0.3 is 12.1 Å². The first-order chi connectivity index (χ1) is 16.8. The van der Waals surface area contributed by atoms with Crippen LogP contribution in [0.15, 0.2) is 42.6 Å². The molecule has 1 saturated heterocycles. The number of piperidine rings is 1. The molecule has 9 nitrogen and oxygen atoms in total. The van der Waals surface area contributed by atoms with E-state index in [1.54, 1.807) is 24.3 Å². The topological polar surface area (TPSA) is 116 Å². The third-order valence-corrected chi connectivity index (χ3v) is 5.93. The van der Waals surface area contributed by atoms with Crippen LogP contribution in [0.4, 0.5) is 23.2 Å². The highest BCUT2D eigenvalue weighted by molar-refractivity contribution is 6.04. The average Bonchev–Trinajstić information content (AvgIpc) is 3.21. The number of likely N-dealkylation sites (tertiary alicyclic amines) is 1. The Balaban J connectivity index is 1.45. The van der Waals surface area contributed by atoms with Gasteiger partial charge in [-0.3, -0.25) is 14.4 Å². The molecule has 2 atom stereocenters. The van der Waals surface area contributed by atoms with Crippen molar-refractivity contribution in [1.29, 1.82) is 0 Å². The van der Waals surface area contributed by atoms with E-state index in [9.17, 15) is 31.9 Å². The number of carbonyl (C=O) groups excluding carboxylic acids is 3. The van der Waals surface area contributed by atoms with Gasteiger partial charge in [-0.25, -0.2) is 13.9 Å². The largest absolute Gasteiger partial charge is 0.497 e. The average molecular weight is 508 g/mol. The van der Waals surface area contributed by atoms with E-state index in [0.717, 1.165) is 6.07 Å². The van der Waals surface area contributed by atoms with Gasteiger partial charge in [0.25, 0.3) is 5.91 Å². The van der Waals surface area contributed by atoms with Crippen LogP contribution in [0, 0.1) is 11.7 Å². The number of nitrogens with two attached hydrogens (primary N) is 1. The Hall–Kier alpha value is -4.00. The number of carbonyl (C=O) groups is 3. The number of nitrogens with one attached hydrogen (secondary N) is 1. The molecule has 0 bridgehead atoms. The fraction of sp³-hybridized carbons (Fsp3) is 0.304. The highest BCUT2D eigenvalue weighted by Crippen LogP contribution is 2.27. The lowest BCUT2D eigenvalue weighted by molar-refractivity contribution is -1.08. The second kappa shape index (κ2) is 9.22. The first kappa shape index (κ1) is 25.1. The third kappa shape index (κ3) is 5.30. The Morgan fingerprint density at radius 3 is 2.53 bits per heavy atom. The smallest absolute Gasteiger partial charge is 0.366 e. The van der Waals surface area contributed by atoms with E-state index in [2.05, 4.69) is 15.3 Å². The summed E-state index contributed by atoms with van der Waals surface area (Å²) in [5.41, 5.74) is 6.49. The van der Waals surface area contributed by atoms with Gasteiger partial charge < -0.3 is 11.1 Å².